The van der Waals surface area contributed by atoms with Crippen molar-refractivity contribution in [2.24, 2.45) is 5.92 Å². The van der Waals surface area contributed by atoms with Crippen LogP contribution < -0.4 is 11.2 Å². The van der Waals surface area contributed by atoms with Crippen LogP contribution in [0.4, 0.5) is 8.78 Å². The number of carbonyl (C=O) groups excluding carboxylic acids is 1. The molecule has 0 aliphatic heterocycles. The quantitative estimate of drug-likeness (QED) is 0.206. The van der Waals surface area contributed by atoms with Crippen LogP contribution in [0.15, 0.2) is 101 Å². The van der Waals surface area contributed by atoms with E-state index in [2.05, 4.69) is 9.97 Å². The highest BCUT2D eigenvalue weighted by atomic mass is 19.1. The van der Waals surface area contributed by atoms with Gasteiger partial charge in [0.1, 0.15) is 23.0 Å². The fraction of sp³-hybridized carbons (Fsp3) is 0.229. The Morgan fingerprint density at radius 1 is 0.844 bits per heavy atom. The van der Waals surface area contributed by atoms with Gasteiger partial charge in [0, 0.05) is 24.9 Å². The summed E-state index contributed by atoms with van der Waals surface area (Å²) in [5.41, 5.74) is 2.51. The maximum absolute atomic E-state index is 14.3. The number of ketones is 1. The molecule has 0 bridgehead atoms. The molecule has 0 amide bonds. The van der Waals surface area contributed by atoms with E-state index in [1.807, 2.05) is 54.6 Å². The molecule has 0 atom stereocenters. The number of hydrogen-bond acceptors (Lipinski definition) is 5. The van der Waals surface area contributed by atoms with Crippen LogP contribution in [-0.2, 0) is 6.42 Å². The highest BCUT2D eigenvalue weighted by Crippen LogP contribution is 2.33. The summed E-state index contributed by atoms with van der Waals surface area (Å²) in [5.74, 6) is -1.17. The van der Waals surface area contributed by atoms with Crippen molar-refractivity contribution in [2.75, 3.05) is 0 Å². The summed E-state index contributed by atoms with van der Waals surface area (Å²) in [7, 11) is 0. The molecule has 0 radical (unpaired) electrons. The Morgan fingerprint density at radius 2 is 1.58 bits per heavy atom. The van der Waals surface area contributed by atoms with E-state index >= 15 is 0 Å². The minimum Gasteiger partial charge on any atom is -0.303 e. The molecule has 1 aliphatic rings. The van der Waals surface area contributed by atoms with Gasteiger partial charge < -0.3 is 4.40 Å². The summed E-state index contributed by atoms with van der Waals surface area (Å²) >= 11 is 0. The predicted octanol–water partition coefficient (Wildman–Crippen LogP) is 6.07. The highest BCUT2D eigenvalue weighted by molar-refractivity contribution is 5.94. The van der Waals surface area contributed by atoms with Gasteiger partial charge >= 0.3 is 5.69 Å². The second kappa shape index (κ2) is 11.7. The second-order valence-corrected chi connectivity index (χ2v) is 11.7. The van der Waals surface area contributed by atoms with E-state index < -0.39 is 28.9 Å². The van der Waals surface area contributed by atoms with Crippen LogP contribution in [0.25, 0.3) is 22.4 Å². The molecule has 0 spiro atoms. The molecule has 1 fully saturated rings. The first kappa shape index (κ1) is 28.5. The van der Waals surface area contributed by atoms with Crippen LogP contribution in [0.2, 0.25) is 0 Å². The van der Waals surface area contributed by atoms with Gasteiger partial charge in [-0.15, -0.1) is 0 Å². The van der Waals surface area contributed by atoms with Crippen LogP contribution in [0.1, 0.15) is 59.8 Å². The topological polar surface area (TPSA) is 91.3 Å². The van der Waals surface area contributed by atoms with Crippen LogP contribution in [0.3, 0.4) is 0 Å². The molecule has 0 N–H and O–H groups in total. The molecule has 0 unspecified atom stereocenters. The Kier molecular flexibility index (Phi) is 7.40. The normalized spacial score (nSPS) is 16.8. The lowest BCUT2D eigenvalue weighted by Crippen LogP contribution is -2.43. The van der Waals surface area contributed by atoms with Gasteiger partial charge in [-0.25, -0.2) is 28.1 Å². The van der Waals surface area contributed by atoms with E-state index in [1.165, 1.54) is 38.1 Å². The van der Waals surface area contributed by atoms with Gasteiger partial charge in [-0.05, 0) is 79.5 Å². The maximum Gasteiger partial charge on any atom is 0.337 e. The Bertz CT molecular complexity index is 2160. The molecule has 0 saturated heterocycles. The molecule has 4 aromatic heterocycles. The number of imidazole rings is 1. The van der Waals surface area contributed by atoms with Crippen molar-refractivity contribution < 1.29 is 13.6 Å². The fourth-order valence-electron chi connectivity index (χ4n) is 6.40. The largest absolute Gasteiger partial charge is 0.337 e. The average Bonchev–Trinajstić information content (AvgIpc) is 3.47. The summed E-state index contributed by atoms with van der Waals surface area (Å²) in [4.78, 5) is 49.2. The summed E-state index contributed by atoms with van der Waals surface area (Å²) in [6, 6.07) is 21.1. The van der Waals surface area contributed by atoms with Gasteiger partial charge in [-0.3, -0.25) is 14.2 Å². The molecule has 4 heterocycles. The average molecular weight is 606 g/mol. The number of carbonyl (C=O) groups is 1. The number of halogens is 2. The summed E-state index contributed by atoms with van der Waals surface area (Å²) in [6.07, 6.45) is 7.07. The Hall–Kier alpha value is -5.25. The molecule has 1 saturated carbocycles. The summed E-state index contributed by atoms with van der Waals surface area (Å²) < 4.78 is 32.0. The number of nitrogens with zero attached hydrogens (tertiary/aromatic N) is 5. The third kappa shape index (κ3) is 5.59. The number of hydrogen-bond donors (Lipinski definition) is 0. The Labute approximate surface area is 256 Å². The van der Waals surface area contributed by atoms with Crippen molar-refractivity contribution in [2.45, 2.75) is 44.6 Å². The van der Waals surface area contributed by atoms with E-state index in [4.69, 9.17) is 0 Å². The zero-order valence-corrected chi connectivity index (χ0v) is 24.3. The SMILES string of the molecule is O=C(CC1CCC(n2c(=O)c3cc(F)cnc3n(-c3ccc(Cc4ccccc4)cc3)c2=O)CC1)c1cn2cc(F)ccc2n1. The van der Waals surface area contributed by atoms with Crippen molar-refractivity contribution in [3.8, 4) is 5.69 Å². The first-order valence-corrected chi connectivity index (χ1v) is 15.0. The van der Waals surface area contributed by atoms with Crippen molar-refractivity contribution in [3.63, 3.8) is 0 Å². The van der Waals surface area contributed by atoms with Gasteiger partial charge in [-0.2, -0.15) is 0 Å². The van der Waals surface area contributed by atoms with Crippen LogP contribution >= 0.6 is 0 Å². The van der Waals surface area contributed by atoms with Gasteiger partial charge in [0.05, 0.1) is 17.3 Å². The predicted molar refractivity (Wildman–Crippen MR) is 166 cm³/mol. The minimum absolute atomic E-state index is 0.0311. The molecule has 226 valence electrons. The van der Waals surface area contributed by atoms with E-state index in [1.54, 1.807) is 0 Å². The highest BCUT2D eigenvalue weighted by Gasteiger charge is 2.29. The standard InChI is InChI=1S/C35H29F2N5O3/c36-25-10-15-32-39-30(21-40(32)20-25)31(43)17-24-8-13-28(14-9-24)42-34(44)29-18-26(37)19-38-33(29)41(35(42)45)27-11-6-23(7-12-27)16-22-4-2-1-3-5-22/h1-7,10-12,15,18-21,24,28H,8-9,13-14,16-17H2. The summed E-state index contributed by atoms with van der Waals surface area (Å²) in [6.45, 7) is 0. The zero-order valence-electron chi connectivity index (χ0n) is 24.3. The van der Waals surface area contributed by atoms with E-state index in [9.17, 15) is 23.2 Å². The van der Waals surface area contributed by atoms with E-state index in [0.29, 0.717) is 37.0 Å². The van der Waals surface area contributed by atoms with E-state index in [0.717, 1.165) is 29.8 Å². The van der Waals surface area contributed by atoms with Gasteiger partial charge in [0.15, 0.2) is 11.4 Å². The number of fused-ring (bicyclic) bond motifs is 2. The van der Waals surface area contributed by atoms with Crippen molar-refractivity contribution in [1.82, 2.24) is 23.5 Å². The third-order valence-electron chi connectivity index (χ3n) is 8.69. The monoisotopic (exact) mass is 605 g/mol. The Balaban J connectivity index is 1.15. The molecule has 2 aromatic carbocycles. The van der Waals surface area contributed by atoms with Crippen molar-refractivity contribution >= 4 is 22.5 Å². The fourth-order valence-corrected chi connectivity index (χ4v) is 6.40. The minimum atomic E-state index is -0.661. The molecule has 1 aliphatic carbocycles. The van der Waals surface area contributed by atoms with Gasteiger partial charge in [0.25, 0.3) is 5.56 Å². The van der Waals surface area contributed by atoms with Gasteiger partial charge in [-0.1, -0.05) is 42.5 Å². The van der Waals surface area contributed by atoms with E-state index in [-0.39, 0.29) is 34.8 Å². The molecular weight excluding hydrogens is 576 g/mol. The molecule has 7 rings (SSSR count). The Morgan fingerprint density at radius 3 is 2.33 bits per heavy atom. The lowest BCUT2D eigenvalue weighted by molar-refractivity contribution is 0.0938. The van der Waals surface area contributed by atoms with Crippen molar-refractivity contribution in [1.29, 1.82) is 0 Å². The molecular formula is C35H29F2N5O3. The maximum atomic E-state index is 14.3. The third-order valence-corrected chi connectivity index (χ3v) is 8.69. The lowest BCUT2D eigenvalue weighted by Gasteiger charge is -2.29. The van der Waals surface area contributed by atoms with Gasteiger partial charge in [0.2, 0.25) is 0 Å². The molecule has 10 heteroatoms. The second-order valence-electron chi connectivity index (χ2n) is 11.7. The first-order valence-electron chi connectivity index (χ1n) is 15.0. The van der Waals surface area contributed by atoms with Crippen molar-refractivity contribution in [3.05, 3.63) is 141 Å². The molecule has 6 aromatic rings. The summed E-state index contributed by atoms with van der Waals surface area (Å²) in [5, 5.41) is 0.0311. The number of aromatic nitrogens is 5. The number of benzene rings is 2. The zero-order chi connectivity index (χ0) is 31.1. The van der Waals surface area contributed by atoms with Crippen LogP contribution in [-0.4, -0.2) is 29.3 Å². The number of Topliss-reactive ketones (excluding diaryl/α,β-unsaturated/α-hetero) is 1. The lowest BCUT2D eigenvalue weighted by atomic mass is 9.82. The molecule has 45 heavy (non-hydrogen) atoms. The smallest absolute Gasteiger partial charge is 0.303 e. The first-order chi connectivity index (χ1) is 21.8. The number of rotatable bonds is 7. The molecule has 8 nitrogen and oxygen atoms in total. The number of pyridine rings is 2. The van der Waals surface area contributed by atoms with Crippen LogP contribution in [0.5, 0.6) is 0 Å². The van der Waals surface area contributed by atoms with Crippen LogP contribution in [0, 0.1) is 17.6 Å².